The zero-order valence-electron chi connectivity index (χ0n) is 11.1. The fourth-order valence-corrected chi connectivity index (χ4v) is 2.89. The van der Waals surface area contributed by atoms with E-state index in [1.54, 1.807) is 4.68 Å². The van der Waals surface area contributed by atoms with Crippen molar-refractivity contribution in [2.24, 2.45) is 5.41 Å². The number of carboxylic acids is 1. The van der Waals surface area contributed by atoms with Gasteiger partial charge in [-0.05, 0) is 40.7 Å². The second-order valence-corrected chi connectivity index (χ2v) is 6.14. The van der Waals surface area contributed by atoms with Crippen LogP contribution in [0, 0.1) is 5.41 Å². The van der Waals surface area contributed by atoms with Gasteiger partial charge in [-0.3, -0.25) is 4.79 Å². The Labute approximate surface area is 119 Å². The standard InChI is InChI=1S/C11H14N6O2S/c1-6(2)7-8(20-16-12-7)9-13-14-15-17(9)5-11(3-4-11)10(18)19/h6H,3-5H2,1-2H3,(H,18,19). The highest BCUT2D eigenvalue weighted by molar-refractivity contribution is 7.09. The summed E-state index contributed by atoms with van der Waals surface area (Å²) in [6, 6.07) is 0. The molecule has 20 heavy (non-hydrogen) atoms. The van der Waals surface area contributed by atoms with Crippen molar-refractivity contribution in [1.82, 2.24) is 29.8 Å². The van der Waals surface area contributed by atoms with E-state index in [9.17, 15) is 9.90 Å². The minimum Gasteiger partial charge on any atom is -0.481 e. The summed E-state index contributed by atoms with van der Waals surface area (Å²) in [5.74, 6) is -0.0232. The molecule has 1 aliphatic rings. The molecule has 1 saturated carbocycles. The molecule has 0 saturated heterocycles. The zero-order valence-corrected chi connectivity index (χ0v) is 12.0. The van der Waals surface area contributed by atoms with Crippen LogP contribution in [0.5, 0.6) is 0 Å². The maximum absolute atomic E-state index is 11.3. The molecule has 0 bridgehead atoms. The third-order valence-electron chi connectivity index (χ3n) is 3.55. The molecule has 0 aromatic carbocycles. The zero-order chi connectivity index (χ0) is 14.3. The van der Waals surface area contributed by atoms with Crippen LogP contribution in [0.3, 0.4) is 0 Å². The van der Waals surface area contributed by atoms with Crippen LogP contribution < -0.4 is 0 Å². The molecule has 1 N–H and O–H groups in total. The molecule has 2 heterocycles. The van der Waals surface area contributed by atoms with Gasteiger partial charge in [-0.15, -0.1) is 10.2 Å². The lowest BCUT2D eigenvalue weighted by atomic mass is 10.1. The first-order valence-corrected chi connectivity index (χ1v) is 7.13. The van der Waals surface area contributed by atoms with Crippen LogP contribution >= 0.6 is 11.5 Å². The monoisotopic (exact) mass is 294 g/mol. The van der Waals surface area contributed by atoms with Crippen LogP contribution in [0.2, 0.25) is 0 Å². The Balaban J connectivity index is 1.95. The van der Waals surface area contributed by atoms with Gasteiger partial charge in [0, 0.05) is 0 Å². The Bertz CT molecular complexity index is 645. The van der Waals surface area contributed by atoms with Gasteiger partial charge < -0.3 is 5.11 Å². The number of rotatable bonds is 5. The Kier molecular flexibility index (Phi) is 3.00. The van der Waals surface area contributed by atoms with Crippen molar-refractivity contribution in [2.45, 2.75) is 39.2 Å². The Morgan fingerprint density at radius 2 is 2.20 bits per heavy atom. The molecule has 2 aromatic rings. The van der Waals surface area contributed by atoms with Crippen LogP contribution in [-0.4, -0.2) is 40.9 Å². The normalized spacial score (nSPS) is 16.6. The van der Waals surface area contributed by atoms with Gasteiger partial charge in [0.25, 0.3) is 0 Å². The molecule has 8 nitrogen and oxygen atoms in total. The second kappa shape index (κ2) is 4.58. The predicted octanol–water partition coefficient (Wildman–Crippen LogP) is 1.18. The molecule has 106 valence electrons. The van der Waals surface area contributed by atoms with Gasteiger partial charge >= 0.3 is 5.97 Å². The fourth-order valence-electron chi connectivity index (χ4n) is 2.08. The van der Waals surface area contributed by atoms with Crippen molar-refractivity contribution in [3.63, 3.8) is 0 Å². The van der Waals surface area contributed by atoms with E-state index in [0.29, 0.717) is 25.2 Å². The summed E-state index contributed by atoms with van der Waals surface area (Å²) in [4.78, 5) is 12.1. The summed E-state index contributed by atoms with van der Waals surface area (Å²) in [6.45, 7) is 4.34. The third kappa shape index (κ3) is 2.07. The number of hydrogen-bond donors (Lipinski definition) is 1. The van der Waals surface area contributed by atoms with Gasteiger partial charge in [0.05, 0.1) is 17.7 Å². The molecular formula is C11H14N6O2S. The molecule has 0 amide bonds. The molecule has 3 rings (SSSR count). The number of aliphatic carboxylic acids is 1. The molecule has 0 atom stereocenters. The van der Waals surface area contributed by atoms with Crippen LogP contribution in [0.4, 0.5) is 0 Å². The number of nitrogens with zero attached hydrogens (tertiary/aromatic N) is 6. The van der Waals surface area contributed by atoms with Gasteiger partial charge in [0.15, 0.2) is 5.82 Å². The largest absolute Gasteiger partial charge is 0.481 e. The first kappa shape index (κ1) is 13.1. The van der Waals surface area contributed by atoms with Crippen LogP contribution in [0.1, 0.15) is 38.3 Å². The van der Waals surface area contributed by atoms with Crippen molar-refractivity contribution in [3.05, 3.63) is 5.69 Å². The molecule has 1 fully saturated rings. The van der Waals surface area contributed by atoms with Crippen molar-refractivity contribution < 1.29 is 9.90 Å². The smallest absolute Gasteiger partial charge is 0.311 e. The molecule has 0 unspecified atom stereocenters. The quantitative estimate of drug-likeness (QED) is 0.882. The molecular weight excluding hydrogens is 280 g/mol. The Morgan fingerprint density at radius 3 is 2.80 bits per heavy atom. The number of aromatic nitrogens is 6. The SMILES string of the molecule is CC(C)c1nnsc1-c1nnnn1CC1(C(=O)O)CC1. The first-order chi connectivity index (χ1) is 9.53. The molecule has 1 aliphatic carbocycles. The first-order valence-electron chi connectivity index (χ1n) is 6.36. The third-order valence-corrected chi connectivity index (χ3v) is 4.29. The van der Waals surface area contributed by atoms with Gasteiger partial charge in [0.1, 0.15) is 4.88 Å². The van der Waals surface area contributed by atoms with Crippen LogP contribution in [-0.2, 0) is 11.3 Å². The fraction of sp³-hybridized carbons (Fsp3) is 0.636. The van der Waals surface area contributed by atoms with Gasteiger partial charge in [-0.25, -0.2) is 4.68 Å². The second-order valence-electron chi connectivity index (χ2n) is 5.39. The number of carbonyl (C=O) groups is 1. The van der Waals surface area contributed by atoms with E-state index in [4.69, 9.17) is 0 Å². The Morgan fingerprint density at radius 1 is 1.45 bits per heavy atom. The van der Waals surface area contributed by atoms with Crippen LogP contribution in [0.25, 0.3) is 10.7 Å². The number of hydrogen-bond acceptors (Lipinski definition) is 7. The van der Waals surface area contributed by atoms with E-state index in [2.05, 4.69) is 25.1 Å². The maximum atomic E-state index is 11.3. The summed E-state index contributed by atoms with van der Waals surface area (Å²) < 4.78 is 5.51. The van der Waals surface area contributed by atoms with Crippen molar-refractivity contribution in [3.8, 4) is 10.7 Å². The molecule has 0 radical (unpaired) electrons. The molecule has 0 aliphatic heterocycles. The van der Waals surface area contributed by atoms with Crippen LogP contribution in [0.15, 0.2) is 0 Å². The highest BCUT2D eigenvalue weighted by Crippen LogP contribution is 2.47. The van der Waals surface area contributed by atoms with Gasteiger partial charge in [0.2, 0.25) is 0 Å². The van der Waals surface area contributed by atoms with E-state index in [-0.39, 0.29) is 5.92 Å². The van der Waals surface area contributed by atoms with E-state index in [1.807, 2.05) is 13.8 Å². The van der Waals surface area contributed by atoms with Crippen molar-refractivity contribution in [1.29, 1.82) is 0 Å². The highest BCUT2D eigenvalue weighted by atomic mass is 32.1. The van der Waals surface area contributed by atoms with Gasteiger partial charge in [-0.2, -0.15) is 0 Å². The Hall–Kier alpha value is -1.90. The van der Waals surface area contributed by atoms with E-state index in [0.717, 1.165) is 10.6 Å². The number of carboxylic acid groups (broad SMARTS) is 1. The lowest BCUT2D eigenvalue weighted by Crippen LogP contribution is -2.22. The highest BCUT2D eigenvalue weighted by Gasteiger charge is 2.51. The topological polar surface area (TPSA) is 107 Å². The molecule has 0 spiro atoms. The maximum Gasteiger partial charge on any atom is 0.311 e. The van der Waals surface area contributed by atoms with E-state index < -0.39 is 11.4 Å². The summed E-state index contributed by atoms with van der Waals surface area (Å²) in [5, 5.41) is 25.0. The summed E-state index contributed by atoms with van der Waals surface area (Å²) >= 11 is 1.23. The minimum absolute atomic E-state index is 0.211. The molecule has 2 aromatic heterocycles. The average molecular weight is 294 g/mol. The summed E-state index contributed by atoms with van der Waals surface area (Å²) in [7, 11) is 0. The summed E-state index contributed by atoms with van der Waals surface area (Å²) in [5.41, 5.74) is 0.131. The number of tetrazole rings is 1. The minimum atomic E-state index is -0.787. The summed E-state index contributed by atoms with van der Waals surface area (Å²) in [6.07, 6.45) is 1.33. The van der Waals surface area contributed by atoms with Crippen molar-refractivity contribution >= 4 is 17.5 Å². The van der Waals surface area contributed by atoms with E-state index >= 15 is 0 Å². The lowest BCUT2D eigenvalue weighted by molar-refractivity contribution is -0.144. The van der Waals surface area contributed by atoms with Crippen molar-refractivity contribution in [2.75, 3.05) is 0 Å². The van der Waals surface area contributed by atoms with E-state index in [1.165, 1.54) is 11.5 Å². The molecule has 9 heteroatoms. The lowest BCUT2D eigenvalue weighted by Gasteiger charge is -2.10. The predicted molar refractivity (Wildman–Crippen MR) is 70.1 cm³/mol. The van der Waals surface area contributed by atoms with Gasteiger partial charge in [-0.1, -0.05) is 18.3 Å². The average Bonchev–Trinajstić information content (AvgIpc) is 2.84.